The van der Waals surface area contributed by atoms with Gasteiger partial charge in [0.25, 0.3) is 0 Å². The number of Topliss-reactive ketones (excluding diaryl/α,β-unsaturated/α-hetero) is 1. The quantitative estimate of drug-likeness (QED) is 0.761. The van der Waals surface area contributed by atoms with Crippen molar-refractivity contribution in [3.63, 3.8) is 0 Å². The van der Waals surface area contributed by atoms with Crippen molar-refractivity contribution in [3.8, 4) is 0 Å². The number of benzene rings is 1. The number of para-hydroxylation sites is 1. The van der Waals surface area contributed by atoms with E-state index in [2.05, 4.69) is 0 Å². The minimum Gasteiger partial charge on any atom is -0.453 e. The van der Waals surface area contributed by atoms with Crippen molar-refractivity contribution < 1.29 is 13.9 Å². The average Bonchev–Trinajstić information content (AvgIpc) is 2.96. The number of carbonyl (C=O) groups is 1. The number of ether oxygens (including phenoxy) is 1. The molecule has 1 atom stereocenters. The fraction of sp³-hybridized carbons (Fsp3) is 0.357. The van der Waals surface area contributed by atoms with E-state index in [0.29, 0.717) is 24.7 Å². The van der Waals surface area contributed by atoms with Gasteiger partial charge in [0.2, 0.25) is 0 Å². The van der Waals surface area contributed by atoms with Crippen molar-refractivity contribution in [3.05, 3.63) is 36.1 Å². The lowest BCUT2D eigenvalue weighted by Crippen LogP contribution is -2.07. The van der Waals surface area contributed by atoms with Gasteiger partial charge in [-0.05, 0) is 24.5 Å². The van der Waals surface area contributed by atoms with E-state index in [4.69, 9.17) is 9.15 Å². The maximum Gasteiger partial charge on any atom is 0.198 e. The van der Waals surface area contributed by atoms with E-state index in [-0.39, 0.29) is 5.78 Å². The van der Waals surface area contributed by atoms with Crippen LogP contribution in [0.25, 0.3) is 11.0 Å². The molecule has 1 unspecified atom stereocenters. The maximum absolute atomic E-state index is 12.0. The van der Waals surface area contributed by atoms with Crippen LogP contribution in [-0.4, -0.2) is 19.0 Å². The SMILES string of the molecule is O=C(CC1CCOC1)c1cc2ccccc2o1. The average molecular weight is 230 g/mol. The first-order chi connectivity index (χ1) is 8.33. The van der Waals surface area contributed by atoms with Crippen molar-refractivity contribution >= 4 is 16.8 Å². The van der Waals surface area contributed by atoms with Crippen LogP contribution >= 0.6 is 0 Å². The molecule has 0 spiro atoms. The van der Waals surface area contributed by atoms with Gasteiger partial charge in [0.1, 0.15) is 5.58 Å². The van der Waals surface area contributed by atoms with Gasteiger partial charge in [0, 0.05) is 25.0 Å². The van der Waals surface area contributed by atoms with Crippen molar-refractivity contribution in [1.29, 1.82) is 0 Å². The Bertz CT molecular complexity index is 502. The zero-order valence-corrected chi connectivity index (χ0v) is 9.52. The molecule has 1 saturated heterocycles. The second-order valence-electron chi connectivity index (χ2n) is 4.51. The molecule has 2 aromatic rings. The lowest BCUT2D eigenvalue weighted by molar-refractivity contribution is 0.0928. The highest BCUT2D eigenvalue weighted by Crippen LogP contribution is 2.23. The van der Waals surface area contributed by atoms with Gasteiger partial charge in [0.05, 0.1) is 0 Å². The number of furan rings is 1. The van der Waals surface area contributed by atoms with Gasteiger partial charge >= 0.3 is 0 Å². The van der Waals surface area contributed by atoms with Gasteiger partial charge in [-0.1, -0.05) is 18.2 Å². The molecule has 88 valence electrons. The van der Waals surface area contributed by atoms with Gasteiger partial charge in [-0.15, -0.1) is 0 Å². The number of hydrogen-bond donors (Lipinski definition) is 0. The van der Waals surface area contributed by atoms with E-state index in [9.17, 15) is 4.79 Å². The molecule has 0 aliphatic carbocycles. The topological polar surface area (TPSA) is 39.4 Å². The zero-order chi connectivity index (χ0) is 11.7. The van der Waals surface area contributed by atoms with E-state index in [1.165, 1.54) is 0 Å². The Balaban J connectivity index is 1.80. The number of fused-ring (bicyclic) bond motifs is 1. The second-order valence-corrected chi connectivity index (χ2v) is 4.51. The first-order valence-electron chi connectivity index (χ1n) is 5.92. The predicted molar refractivity (Wildman–Crippen MR) is 64.1 cm³/mol. The molecule has 0 bridgehead atoms. The molecule has 1 aliphatic rings. The number of hydrogen-bond acceptors (Lipinski definition) is 3. The van der Waals surface area contributed by atoms with Gasteiger partial charge in [-0.25, -0.2) is 0 Å². The lowest BCUT2D eigenvalue weighted by atomic mass is 10.0. The number of ketones is 1. The Morgan fingerprint density at radius 1 is 1.35 bits per heavy atom. The first-order valence-corrected chi connectivity index (χ1v) is 5.92. The van der Waals surface area contributed by atoms with Gasteiger partial charge in [-0.3, -0.25) is 4.79 Å². The van der Waals surface area contributed by atoms with Crippen molar-refractivity contribution in [2.45, 2.75) is 12.8 Å². The van der Waals surface area contributed by atoms with Crippen LogP contribution in [0.15, 0.2) is 34.7 Å². The second kappa shape index (κ2) is 4.34. The third-order valence-corrected chi connectivity index (χ3v) is 3.20. The molecule has 1 fully saturated rings. The summed E-state index contributed by atoms with van der Waals surface area (Å²) in [5, 5.41) is 0.985. The normalized spacial score (nSPS) is 19.9. The van der Waals surface area contributed by atoms with Crippen LogP contribution in [0, 0.1) is 5.92 Å². The highest BCUT2D eigenvalue weighted by atomic mass is 16.5. The summed E-state index contributed by atoms with van der Waals surface area (Å²) in [5.41, 5.74) is 0.776. The van der Waals surface area contributed by atoms with Gasteiger partial charge in [-0.2, -0.15) is 0 Å². The summed E-state index contributed by atoms with van der Waals surface area (Å²) in [7, 11) is 0. The molecule has 0 radical (unpaired) electrons. The van der Waals surface area contributed by atoms with Gasteiger partial charge in [0.15, 0.2) is 11.5 Å². The molecule has 0 amide bonds. The highest BCUT2D eigenvalue weighted by molar-refractivity contribution is 5.97. The summed E-state index contributed by atoms with van der Waals surface area (Å²) in [6.07, 6.45) is 1.51. The van der Waals surface area contributed by atoms with Crippen LogP contribution in [0.4, 0.5) is 0 Å². The number of rotatable bonds is 3. The smallest absolute Gasteiger partial charge is 0.198 e. The van der Waals surface area contributed by atoms with Crippen LogP contribution in [0.5, 0.6) is 0 Å². The van der Waals surface area contributed by atoms with E-state index in [1.807, 2.05) is 30.3 Å². The van der Waals surface area contributed by atoms with Crippen LogP contribution < -0.4 is 0 Å². The summed E-state index contributed by atoms with van der Waals surface area (Å²) in [5.74, 6) is 0.908. The fourth-order valence-corrected chi connectivity index (χ4v) is 2.23. The molecular weight excluding hydrogens is 216 g/mol. The van der Waals surface area contributed by atoms with E-state index in [1.54, 1.807) is 0 Å². The molecule has 1 aliphatic heterocycles. The molecular formula is C14H14O3. The molecule has 1 aromatic heterocycles. The molecule has 17 heavy (non-hydrogen) atoms. The molecule has 3 rings (SSSR count). The highest BCUT2D eigenvalue weighted by Gasteiger charge is 2.21. The van der Waals surface area contributed by atoms with Crippen molar-refractivity contribution in [2.24, 2.45) is 5.92 Å². The first kappa shape index (κ1) is 10.5. The predicted octanol–water partition coefficient (Wildman–Crippen LogP) is 3.04. The lowest BCUT2D eigenvalue weighted by Gasteiger charge is -2.03. The monoisotopic (exact) mass is 230 g/mol. The van der Waals surface area contributed by atoms with E-state index >= 15 is 0 Å². The van der Waals surface area contributed by atoms with Crippen molar-refractivity contribution in [2.75, 3.05) is 13.2 Å². The Morgan fingerprint density at radius 2 is 2.24 bits per heavy atom. The largest absolute Gasteiger partial charge is 0.453 e. The Kier molecular flexibility index (Phi) is 2.69. The maximum atomic E-state index is 12.0. The summed E-state index contributed by atoms with van der Waals surface area (Å²) in [6.45, 7) is 1.48. The Morgan fingerprint density at radius 3 is 3.00 bits per heavy atom. The van der Waals surface area contributed by atoms with E-state index in [0.717, 1.165) is 24.0 Å². The van der Waals surface area contributed by atoms with Crippen molar-refractivity contribution in [1.82, 2.24) is 0 Å². The summed E-state index contributed by atoms with van der Waals surface area (Å²) in [6, 6.07) is 9.51. The van der Waals surface area contributed by atoms with Crippen LogP contribution in [0.1, 0.15) is 23.4 Å². The molecule has 0 N–H and O–H groups in total. The fourth-order valence-electron chi connectivity index (χ4n) is 2.23. The zero-order valence-electron chi connectivity index (χ0n) is 9.52. The summed E-state index contributed by atoms with van der Waals surface area (Å²) < 4.78 is 10.8. The molecule has 3 nitrogen and oxygen atoms in total. The third kappa shape index (κ3) is 2.11. The Labute approximate surface area is 99.4 Å². The Hall–Kier alpha value is -1.61. The molecule has 2 heterocycles. The minimum absolute atomic E-state index is 0.0803. The van der Waals surface area contributed by atoms with Crippen LogP contribution in [-0.2, 0) is 4.74 Å². The van der Waals surface area contributed by atoms with Crippen LogP contribution in [0.2, 0.25) is 0 Å². The minimum atomic E-state index is 0.0803. The number of carbonyl (C=O) groups excluding carboxylic acids is 1. The molecule has 0 saturated carbocycles. The van der Waals surface area contributed by atoms with Crippen LogP contribution in [0.3, 0.4) is 0 Å². The molecule has 3 heteroatoms. The summed E-state index contributed by atoms with van der Waals surface area (Å²) in [4.78, 5) is 12.0. The van der Waals surface area contributed by atoms with E-state index < -0.39 is 0 Å². The third-order valence-electron chi connectivity index (χ3n) is 3.20. The summed E-state index contributed by atoms with van der Waals surface area (Å²) >= 11 is 0. The standard InChI is InChI=1S/C14H14O3/c15-12(7-10-5-6-16-9-10)14-8-11-3-1-2-4-13(11)17-14/h1-4,8,10H,5-7,9H2. The molecule has 1 aromatic carbocycles. The van der Waals surface area contributed by atoms with Gasteiger partial charge < -0.3 is 9.15 Å².